The summed E-state index contributed by atoms with van der Waals surface area (Å²) < 4.78 is 0.620. The Morgan fingerprint density at radius 2 is 1.75 bits per heavy atom. The van der Waals surface area contributed by atoms with Gasteiger partial charge in [0.1, 0.15) is 4.60 Å². The number of fused-ring (bicyclic) bond motifs is 1. The Bertz CT molecular complexity index is 791. The highest BCUT2D eigenvalue weighted by molar-refractivity contribution is 9.10. The van der Waals surface area contributed by atoms with Crippen molar-refractivity contribution in [3.63, 3.8) is 0 Å². The summed E-state index contributed by atoms with van der Waals surface area (Å²) in [5.41, 5.74) is 2.74. The molecule has 1 aromatic carbocycles. The molecule has 0 atom stereocenters. The molecule has 6 heteroatoms. The lowest BCUT2D eigenvalue weighted by atomic mass is 10.2. The van der Waals surface area contributed by atoms with Crippen LogP contribution in [0.2, 0.25) is 0 Å². The quantitative estimate of drug-likeness (QED) is 0.734. The van der Waals surface area contributed by atoms with E-state index in [9.17, 15) is 4.79 Å². The van der Waals surface area contributed by atoms with E-state index in [1.807, 2.05) is 6.07 Å². The van der Waals surface area contributed by atoms with Gasteiger partial charge in [-0.15, -0.1) is 0 Å². The molecular formula is C14H9BrN4O. The predicted molar refractivity (Wildman–Crippen MR) is 79.4 cm³/mol. The number of anilines is 1. The molecule has 2 aromatic heterocycles. The van der Waals surface area contributed by atoms with Crippen molar-refractivity contribution in [2.24, 2.45) is 0 Å². The normalized spacial score (nSPS) is 10.4. The first-order valence-corrected chi connectivity index (χ1v) is 6.65. The fourth-order valence-corrected chi connectivity index (χ4v) is 2.15. The molecule has 2 heterocycles. The van der Waals surface area contributed by atoms with Gasteiger partial charge in [-0.1, -0.05) is 0 Å². The molecule has 0 bridgehead atoms. The zero-order valence-corrected chi connectivity index (χ0v) is 11.8. The molecular weight excluding hydrogens is 320 g/mol. The van der Waals surface area contributed by atoms with Gasteiger partial charge in [-0.2, -0.15) is 0 Å². The smallest absolute Gasteiger partial charge is 0.255 e. The number of halogens is 1. The number of nitrogens with zero attached hydrogens (tertiary/aromatic N) is 3. The maximum atomic E-state index is 12.1. The summed E-state index contributed by atoms with van der Waals surface area (Å²) in [6, 6.07) is 8.72. The van der Waals surface area contributed by atoms with Crippen LogP contribution in [-0.2, 0) is 0 Å². The van der Waals surface area contributed by atoms with Gasteiger partial charge in [0.15, 0.2) is 0 Å². The zero-order chi connectivity index (χ0) is 13.9. The van der Waals surface area contributed by atoms with E-state index < -0.39 is 0 Å². The molecule has 0 fully saturated rings. The highest BCUT2D eigenvalue weighted by Crippen LogP contribution is 2.16. The zero-order valence-electron chi connectivity index (χ0n) is 10.2. The summed E-state index contributed by atoms with van der Waals surface area (Å²) in [6.07, 6.45) is 4.83. The van der Waals surface area contributed by atoms with E-state index in [0.29, 0.717) is 15.9 Å². The molecule has 98 valence electrons. The average Bonchev–Trinajstić information content (AvgIpc) is 2.47. The molecule has 0 radical (unpaired) electrons. The molecule has 0 aliphatic rings. The molecule has 3 rings (SSSR count). The molecule has 0 saturated carbocycles. The molecule has 0 saturated heterocycles. The first-order chi connectivity index (χ1) is 9.72. The van der Waals surface area contributed by atoms with Gasteiger partial charge >= 0.3 is 0 Å². The van der Waals surface area contributed by atoms with Crippen molar-refractivity contribution < 1.29 is 4.79 Å². The SMILES string of the molecule is O=C(Nc1ccc2nccnc2c1)c1ccnc(Br)c1. The van der Waals surface area contributed by atoms with E-state index in [0.717, 1.165) is 11.0 Å². The number of hydrogen-bond donors (Lipinski definition) is 1. The lowest BCUT2D eigenvalue weighted by molar-refractivity contribution is 0.102. The minimum atomic E-state index is -0.198. The van der Waals surface area contributed by atoms with Gasteiger partial charge in [0.05, 0.1) is 11.0 Å². The number of carbonyl (C=O) groups is 1. The molecule has 3 aromatic rings. The third-order valence-electron chi connectivity index (χ3n) is 2.72. The largest absolute Gasteiger partial charge is 0.322 e. The van der Waals surface area contributed by atoms with Crippen LogP contribution < -0.4 is 5.32 Å². The van der Waals surface area contributed by atoms with Gasteiger partial charge in [-0.3, -0.25) is 14.8 Å². The summed E-state index contributed by atoms with van der Waals surface area (Å²) in [5.74, 6) is -0.198. The number of pyridine rings is 1. The number of benzene rings is 1. The van der Waals surface area contributed by atoms with Crippen LogP contribution in [0, 0.1) is 0 Å². The fraction of sp³-hybridized carbons (Fsp3) is 0. The van der Waals surface area contributed by atoms with Crippen LogP contribution in [0.3, 0.4) is 0 Å². The van der Waals surface area contributed by atoms with E-state index >= 15 is 0 Å². The van der Waals surface area contributed by atoms with E-state index in [-0.39, 0.29) is 5.91 Å². The first kappa shape index (κ1) is 12.7. The second-order valence-corrected chi connectivity index (χ2v) is 4.89. The number of nitrogens with one attached hydrogen (secondary N) is 1. The average molecular weight is 329 g/mol. The molecule has 0 unspecified atom stereocenters. The fourth-order valence-electron chi connectivity index (χ4n) is 1.79. The second-order valence-electron chi connectivity index (χ2n) is 4.08. The van der Waals surface area contributed by atoms with Crippen molar-refractivity contribution in [3.8, 4) is 0 Å². The number of hydrogen-bond acceptors (Lipinski definition) is 4. The minimum Gasteiger partial charge on any atom is -0.322 e. The van der Waals surface area contributed by atoms with Gasteiger partial charge in [-0.05, 0) is 46.3 Å². The van der Waals surface area contributed by atoms with Crippen LogP contribution >= 0.6 is 15.9 Å². The van der Waals surface area contributed by atoms with Crippen LogP contribution in [0.5, 0.6) is 0 Å². The molecule has 20 heavy (non-hydrogen) atoms. The third kappa shape index (κ3) is 2.65. The Balaban J connectivity index is 1.87. The first-order valence-electron chi connectivity index (χ1n) is 5.86. The van der Waals surface area contributed by atoms with Crippen molar-refractivity contribution in [3.05, 3.63) is 59.1 Å². The van der Waals surface area contributed by atoms with Crippen LogP contribution in [-0.4, -0.2) is 20.9 Å². The van der Waals surface area contributed by atoms with Gasteiger partial charge in [0, 0.05) is 29.8 Å². The van der Waals surface area contributed by atoms with Crippen molar-refractivity contribution in [2.45, 2.75) is 0 Å². The lowest BCUT2D eigenvalue weighted by Crippen LogP contribution is -2.12. The van der Waals surface area contributed by atoms with Crippen molar-refractivity contribution in [1.29, 1.82) is 0 Å². The Labute approximate surface area is 123 Å². The minimum absolute atomic E-state index is 0.198. The molecule has 1 N–H and O–H groups in total. The van der Waals surface area contributed by atoms with Crippen LogP contribution in [0.25, 0.3) is 11.0 Å². The van der Waals surface area contributed by atoms with E-state index in [1.54, 1.807) is 42.9 Å². The van der Waals surface area contributed by atoms with E-state index in [2.05, 4.69) is 36.2 Å². The highest BCUT2D eigenvalue weighted by atomic mass is 79.9. The predicted octanol–water partition coefficient (Wildman–Crippen LogP) is 3.04. The summed E-state index contributed by atoms with van der Waals surface area (Å²) in [6.45, 7) is 0. The topological polar surface area (TPSA) is 67.8 Å². The molecule has 0 aliphatic heterocycles. The lowest BCUT2D eigenvalue weighted by Gasteiger charge is -2.06. The maximum absolute atomic E-state index is 12.1. The van der Waals surface area contributed by atoms with Crippen LogP contribution in [0.4, 0.5) is 5.69 Å². The second kappa shape index (κ2) is 5.34. The Hall–Kier alpha value is -2.34. The van der Waals surface area contributed by atoms with Gasteiger partial charge in [0.2, 0.25) is 0 Å². The van der Waals surface area contributed by atoms with Gasteiger partial charge in [-0.25, -0.2) is 4.98 Å². The van der Waals surface area contributed by atoms with Gasteiger partial charge in [0.25, 0.3) is 5.91 Å². The summed E-state index contributed by atoms with van der Waals surface area (Å²) in [4.78, 5) is 24.5. The van der Waals surface area contributed by atoms with Gasteiger partial charge < -0.3 is 5.32 Å². The van der Waals surface area contributed by atoms with Crippen molar-refractivity contribution in [1.82, 2.24) is 15.0 Å². The summed E-state index contributed by atoms with van der Waals surface area (Å²) in [7, 11) is 0. The summed E-state index contributed by atoms with van der Waals surface area (Å²) >= 11 is 3.24. The Morgan fingerprint density at radius 3 is 2.55 bits per heavy atom. The highest BCUT2D eigenvalue weighted by Gasteiger charge is 2.07. The number of carbonyl (C=O) groups excluding carboxylic acids is 1. The van der Waals surface area contributed by atoms with E-state index in [1.165, 1.54) is 0 Å². The summed E-state index contributed by atoms with van der Waals surface area (Å²) in [5, 5.41) is 2.82. The third-order valence-corrected chi connectivity index (χ3v) is 3.15. The Morgan fingerprint density at radius 1 is 0.950 bits per heavy atom. The monoisotopic (exact) mass is 328 g/mol. The number of amides is 1. The molecule has 1 amide bonds. The van der Waals surface area contributed by atoms with Crippen molar-refractivity contribution >= 4 is 38.6 Å². The number of rotatable bonds is 2. The molecule has 0 spiro atoms. The van der Waals surface area contributed by atoms with Crippen LogP contribution in [0.15, 0.2) is 53.5 Å². The standard InChI is InChI=1S/C14H9BrN4O/c15-13-7-9(3-4-18-13)14(20)19-10-1-2-11-12(8-10)17-6-5-16-11/h1-8H,(H,19,20). The van der Waals surface area contributed by atoms with E-state index in [4.69, 9.17) is 0 Å². The Kier molecular flexibility index (Phi) is 3.39. The van der Waals surface area contributed by atoms with Crippen LogP contribution in [0.1, 0.15) is 10.4 Å². The molecule has 0 aliphatic carbocycles. The number of aromatic nitrogens is 3. The molecule has 5 nitrogen and oxygen atoms in total. The maximum Gasteiger partial charge on any atom is 0.255 e. The van der Waals surface area contributed by atoms with Crippen molar-refractivity contribution in [2.75, 3.05) is 5.32 Å².